The number of aryl methyl sites for hydroxylation is 1. The number of amidine groups is 1. The van der Waals surface area contributed by atoms with Crippen LogP contribution in [-0.2, 0) is 4.79 Å². The molecule has 2 aromatic rings. The van der Waals surface area contributed by atoms with E-state index in [0.717, 1.165) is 44.9 Å². The van der Waals surface area contributed by atoms with Crippen LogP contribution in [0.15, 0.2) is 62.3 Å². The zero-order valence-corrected chi connectivity index (χ0v) is 19.0. The molecule has 1 saturated heterocycles. The van der Waals surface area contributed by atoms with Crippen LogP contribution in [-0.4, -0.2) is 29.6 Å². The summed E-state index contributed by atoms with van der Waals surface area (Å²) in [6, 6.07) is 14.0. The van der Waals surface area contributed by atoms with Crippen molar-refractivity contribution in [3.8, 4) is 0 Å². The van der Waals surface area contributed by atoms with Gasteiger partial charge in [-0.15, -0.1) is 0 Å². The maximum absolute atomic E-state index is 13.3. The largest absolute Gasteiger partial charge is 0.337 e. The van der Waals surface area contributed by atoms with Gasteiger partial charge < -0.3 is 4.90 Å². The fourth-order valence-corrected chi connectivity index (χ4v) is 5.74. The van der Waals surface area contributed by atoms with E-state index < -0.39 is 0 Å². The summed E-state index contributed by atoms with van der Waals surface area (Å²) in [5, 5.41) is 2.37. The van der Waals surface area contributed by atoms with Crippen molar-refractivity contribution in [1.29, 1.82) is 0 Å². The number of hydrogen-bond acceptors (Lipinski definition) is 5. The van der Waals surface area contributed by atoms with Crippen molar-refractivity contribution in [2.24, 2.45) is 4.99 Å². The number of benzene rings is 2. The number of rotatable bonds is 4. The minimum absolute atomic E-state index is 0.0302. The molecule has 7 heteroatoms. The molecule has 2 aromatic carbocycles. The number of anilines is 1. The Kier molecular flexibility index (Phi) is 5.95. The summed E-state index contributed by atoms with van der Waals surface area (Å²) in [4.78, 5) is 23.9. The van der Waals surface area contributed by atoms with E-state index in [1.165, 1.54) is 16.7 Å². The minimum atomic E-state index is 0.0302. The van der Waals surface area contributed by atoms with Gasteiger partial charge in [0.25, 0.3) is 5.91 Å². The molecule has 4 rings (SSSR count). The Morgan fingerprint density at radius 3 is 2.66 bits per heavy atom. The second-order valence-corrected chi connectivity index (χ2v) is 9.42. The molecule has 150 valence electrons. The lowest BCUT2D eigenvalue weighted by Gasteiger charge is -2.16. The molecule has 0 radical (unpaired) electrons. The van der Waals surface area contributed by atoms with Crippen LogP contribution in [0.2, 0.25) is 5.02 Å². The number of hydrogen-bond donors (Lipinski definition) is 0. The number of para-hydroxylation sites is 1. The number of amides is 1. The van der Waals surface area contributed by atoms with Crippen LogP contribution < -0.4 is 4.90 Å². The van der Waals surface area contributed by atoms with Gasteiger partial charge in [-0.05, 0) is 54.9 Å². The van der Waals surface area contributed by atoms with Crippen LogP contribution in [0.1, 0.15) is 25.3 Å². The maximum atomic E-state index is 13.3. The van der Waals surface area contributed by atoms with Crippen LogP contribution in [0.5, 0.6) is 0 Å². The van der Waals surface area contributed by atoms with Gasteiger partial charge in [0.05, 0.1) is 16.4 Å². The van der Waals surface area contributed by atoms with Crippen molar-refractivity contribution in [2.75, 3.05) is 18.5 Å². The summed E-state index contributed by atoms with van der Waals surface area (Å²) >= 11 is 9.37. The van der Waals surface area contributed by atoms with Gasteiger partial charge in [-0.3, -0.25) is 9.69 Å². The zero-order chi connectivity index (χ0) is 20.5. The second-order valence-electron chi connectivity index (χ2n) is 7.00. The highest BCUT2D eigenvalue weighted by atomic mass is 35.5. The first-order valence-corrected chi connectivity index (χ1v) is 11.6. The molecular formula is C22H22ClN3OS2. The third kappa shape index (κ3) is 3.93. The fourth-order valence-electron chi connectivity index (χ4n) is 3.19. The molecule has 1 fully saturated rings. The fraction of sp³-hybridized carbons (Fsp3) is 0.273. The highest BCUT2D eigenvalue weighted by Crippen LogP contribution is 2.50. The van der Waals surface area contributed by atoms with Gasteiger partial charge in [0.1, 0.15) is 4.91 Å². The summed E-state index contributed by atoms with van der Waals surface area (Å²) in [6.45, 7) is 4.76. The normalized spacial score (nSPS) is 20.1. The van der Waals surface area contributed by atoms with Crippen molar-refractivity contribution in [3.05, 3.63) is 63.0 Å². The van der Waals surface area contributed by atoms with Crippen molar-refractivity contribution < 1.29 is 4.79 Å². The lowest BCUT2D eigenvalue weighted by Crippen LogP contribution is -2.30. The quantitative estimate of drug-likeness (QED) is 0.510. The molecule has 0 N–H and O–H groups in total. The molecule has 0 aromatic heterocycles. The molecule has 0 spiro atoms. The standard InChI is InChI=1S/C22H22ClN3OS2/c1-4-5-12-26-20(27)19(21-25(3)17-8-6-7-9-18(17)28-21)29-22(26)24-15-11-10-14(2)16(23)13-15/h6-11,13H,4-5,12H2,1-3H3. The predicted molar refractivity (Wildman–Crippen MR) is 125 cm³/mol. The van der Waals surface area contributed by atoms with E-state index in [2.05, 4.69) is 24.0 Å². The monoisotopic (exact) mass is 443 g/mol. The molecule has 29 heavy (non-hydrogen) atoms. The van der Waals surface area contributed by atoms with Crippen LogP contribution in [0.25, 0.3) is 0 Å². The molecule has 2 heterocycles. The predicted octanol–water partition coefficient (Wildman–Crippen LogP) is 6.42. The van der Waals surface area contributed by atoms with Gasteiger partial charge in [0, 0.05) is 23.5 Å². The summed E-state index contributed by atoms with van der Waals surface area (Å²) in [6.07, 6.45) is 1.95. The van der Waals surface area contributed by atoms with Gasteiger partial charge >= 0.3 is 0 Å². The first kappa shape index (κ1) is 20.4. The third-order valence-electron chi connectivity index (χ3n) is 4.91. The van der Waals surface area contributed by atoms with E-state index >= 15 is 0 Å². The number of unbranched alkanes of at least 4 members (excludes halogenated alkanes) is 1. The molecule has 1 amide bonds. The first-order chi connectivity index (χ1) is 14.0. The summed E-state index contributed by atoms with van der Waals surface area (Å²) < 4.78 is 0. The lowest BCUT2D eigenvalue weighted by molar-refractivity contribution is -0.122. The van der Waals surface area contributed by atoms with Crippen molar-refractivity contribution >= 4 is 57.6 Å². The number of carbonyl (C=O) groups is 1. The van der Waals surface area contributed by atoms with Gasteiger partial charge in [0.15, 0.2) is 5.17 Å². The Hall–Kier alpha value is -1.89. The molecule has 0 bridgehead atoms. The van der Waals surface area contributed by atoms with Crippen LogP contribution in [0, 0.1) is 6.92 Å². The summed E-state index contributed by atoms with van der Waals surface area (Å²) in [5.74, 6) is 0.0302. The van der Waals surface area contributed by atoms with E-state index in [0.29, 0.717) is 11.6 Å². The number of fused-ring (bicyclic) bond motifs is 1. The van der Waals surface area contributed by atoms with Gasteiger partial charge in [0.2, 0.25) is 0 Å². The van der Waals surface area contributed by atoms with Crippen molar-refractivity contribution in [3.63, 3.8) is 0 Å². The van der Waals surface area contributed by atoms with Crippen molar-refractivity contribution in [1.82, 2.24) is 4.90 Å². The van der Waals surface area contributed by atoms with E-state index in [1.807, 2.05) is 49.2 Å². The lowest BCUT2D eigenvalue weighted by atomic mass is 10.2. The number of carbonyl (C=O) groups excluding carboxylic acids is 1. The smallest absolute Gasteiger partial charge is 0.269 e. The van der Waals surface area contributed by atoms with Gasteiger partial charge in [-0.25, -0.2) is 4.99 Å². The molecule has 4 nitrogen and oxygen atoms in total. The van der Waals surface area contributed by atoms with E-state index in [1.54, 1.807) is 11.8 Å². The zero-order valence-electron chi connectivity index (χ0n) is 16.6. The number of halogens is 1. The Morgan fingerprint density at radius 1 is 1.14 bits per heavy atom. The minimum Gasteiger partial charge on any atom is -0.337 e. The van der Waals surface area contributed by atoms with Crippen LogP contribution in [0.4, 0.5) is 11.4 Å². The molecule has 0 aliphatic carbocycles. The Morgan fingerprint density at radius 2 is 1.93 bits per heavy atom. The van der Waals surface area contributed by atoms with Crippen molar-refractivity contribution in [2.45, 2.75) is 31.6 Å². The van der Waals surface area contributed by atoms with Gasteiger partial charge in [-0.2, -0.15) is 0 Å². The maximum Gasteiger partial charge on any atom is 0.269 e. The second kappa shape index (κ2) is 8.46. The number of aliphatic imine (C=N–C) groups is 1. The molecular weight excluding hydrogens is 422 g/mol. The van der Waals surface area contributed by atoms with Crippen LogP contribution >= 0.6 is 35.1 Å². The average Bonchev–Trinajstić information content (AvgIpc) is 3.20. The highest BCUT2D eigenvalue weighted by Gasteiger charge is 2.38. The molecule has 2 aliphatic heterocycles. The molecule has 2 aliphatic rings. The van der Waals surface area contributed by atoms with Crippen LogP contribution in [0.3, 0.4) is 0 Å². The topological polar surface area (TPSA) is 35.9 Å². The molecule has 0 atom stereocenters. The highest BCUT2D eigenvalue weighted by molar-refractivity contribution is 8.19. The Labute approximate surface area is 185 Å². The number of thioether (sulfide) groups is 2. The SMILES string of the molecule is CCCCN1C(=O)C(=C2Sc3ccccc3N2C)SC1=Nc1ccc(C)c(Cl)c1. The molecule has 0 unspecified atom stereocenters. The van der Waals surface area contributed by atoms with E-state index in [-0.39, 0.29) is 5.91 Å². The average molecular weight is 444 g/mol. The summed E-state index contributed by atoms with van der Waals surface area (Å²) in [5.41, 5.74) is 2.90. The summed E-state index contributed by atoms with van der Waals surface area (Å²) in [7, 11) is 2.01. The third-order valence-corrected chi connectivity index (χ3v) is 7.75. The number of nitrogens with zero attached hydrogens (tertiary/aromatic N) is 3. The molecule has 0 saturated carbocycles. The van der Waals surface area contributed by atoms with E-state index in [9.17, 15) is 4.79 Å². The van der Waals surface area contributed by atoms with Gasteiger partial charge in [-0.1, -0.05) is 54.9 Å². The first-order valence-electron chi connectivity index (χ1n) is 9.59. The Bertz CT molecular complexity index is 1030. The Balaban J connectivity index is 1.72. The van der Waals surface area contributed by atoms with E-state index in [4.69, 9.17) is 16.6 Å².